The number of hydrogen-bond acceptors (Lipinski definition) is 2. The van der Waals surface area contributed by atoms with Gasteiger partial charge < -0.3 is 9.15 Å². The Labute approximate surface area is 122 Å². The van der Waals surface area contributed by atoms with E-state index >= 15 is 0 Å². The van der Waals surface area contributed by atoms with Crippen LogP contribution in [-0.2, 0) is 11.2 Å². The quantitative estimate of drug-likeness (QED) is 0.580. The summed E-state index contributed by atoms with van der Waals surface area (Å²) in [6, 6.07) is 8.29. The number of aryl methyl sites for hydroxylation is 1. The van der Waals surface area contributed by atoms with Crippen LogP contribution in [0.15, 0.2) is 28.7 Å². The van der Waals surface area contributed by atoms with Gasteiger partial charge in [-0.1, -0.05) is 44.4 Å². The third kappa shape index (κ3) is 3.43. The first-order chi connectivity index (χ1) is 9.77. The Morgan fingerprint density at radius 3 is 2.65 bits per heavy atom. The number of rotatable bonds is 8. The SMILES string of the molecule is CCCCCCc1oc2ccccc2c1C(C)OCC. The minimum Gasteiger partial charge on any atom is -0.461 e. The Balaban J connectivity index is 2.24. The molecule has 0 saturated carbocycles. The van der Waals surface area contributed by atoms with Crippen LogP contribution >= 0.6 is 0 Å². The lowest BCUT2D eigenvalue weighted by Crippen LogP contribution is -2.02. The van der Waals surface area contributed by atoms with Crippen LogP contribution in [-0.4, -0.2) is 6.61 Å². The molecule has 1 atom stereocenters. The first kappa shape index (κ1) is 15.1. The number of para-hydroxylation sites is 1. The van der Waals surface area contributed by atoms with Crippen molar-refractivity contribution in [3.8, 4) is 0 Å². The highest BCUT2D eigenvalue weighted by Crippen LogP contribution is 2.33. The van der Waals surface area contributed by atoms with Gasteiger partial charge in [0.15, 0.2) is 0 Å². The van der Waals surface area contributed by atoms with Gasteiger partial charge in [-0.3, -0.25) is 0 Å². The molecule has 1 aromatic carbocycles. The van der Waals surface area contributed by atoms with E-state index in [1.807, 2.05) is 19.1 Å². The Hall–Kier alpha value is -1.28. The molecule has 0 N–H and O–H groups in total. The Bertz CT molecular complexity index is 527. The van der Waals surface area contributed by atoms with E-state index in [1.54, 1.807) is 0 Å². The molecule has 110 valence electrons. The molecule has 0 amide bonds. The van der Waals surface area contributed by atoms with Crippen LogP contribution in [0, 0.1) is 0 Å². The Morgan fingerprint density at radius 2 is 1.90 bits per heavy atom. The third-order valence-electron chi connectivity index (χ3n) is 3.79. The first-order valence-corrected chi connectivity index (χ1v) is 7.89. The average Bonchev–Trinajstić information content (AvgIpc) is 2.82. The molecule has 0 fully saturated rings. The molecule has 2 aromatic rings. The number of hydrogen-bond donors (Lipinski definition) is 0. The fraction of sp³-hybridized carbons (Fsp3) is 0.556. The zero-order chi connectivity index (χ0) is 14.4. The van der Waals surface area contributed by atoms with Crippen molar-refractivity contribution in [3.63, 3.8) is 0 Å². The number of benzene rings is 1. The maximum absolute atomic E-state index is 6.07. The maximum atomic E-state index is 6.07. The summed E-state index contributed by atoms with van der Waals surface area (Å²) in [6.45, 7) is 7.13. The predicted octanol–water partition coefficient (Wildman–Crippen LogP) is 5.65. The molecular formula is C18H26O2. The van der Waals surface area contributed by atoms with E-state index in [2.05, 4.69) is 26.0 Å². The standard InChI is InChI=1S/C18H26O2/c1-4-6-7-8-13-17-18(14(3)19-5-2)15-11-9-10-12-16(15)20-17/h9-12,14H,4-8,13H2,1-3H3. The van der Waals surface area contributed by atoms with E-state index in [4.69, 9.17) is 9.15 Å². The predicted molar refractivity (Wildman–Crippen MR) is 84.1 cm³/mol. The lowest BCUT2D eigenvalue weighted by atomic mass is 10.0. The zero-order valence-corrected chi connectivity index (χ0v) is 12.9. The molecule has 0 saturated heterocycles. The molecule has 0 radical (unpaired) electrons. The van der Waals surface area contributed by atoms with Gasteiger partial charge in [-0.15, -0.1) is 0 Å². The summed E-state index contributed by atoms with van der Waals surface area (Å²) in [5.41, 5.74) is 2.23. The molecule has 2 rings (SSSR count). The van der Waals surface area contributed by atoms with Crippen LogP contribution in [0.1, 0.15) is 63.9 Å². The lowest BCUT2D eigenvalue weighted by molar-refractivity contribution is 0.0759. The van der Waals surface area contributed by atoms with Crippen molar-refractivity contribution in [1.82, 2.24) is 0 Å². The minimum absolute atomic E-state index is 0.102. The summed E-state index contributed by atoms with van der Waals surface area (Å²) in [4.78, 5) is 0. The average molecular weight is 274 g/mol. The van der Waals surface area contributed by atoms with Crippen molar-refractivity contribution in [1.29, 1.82) is 0 Å². The van der Waals surface area contributed by atoms with Gasteiger partial charge in [-0.25, -0.2) is 0 Å². The number of unbranched alkanes of at least 4 members (excludes halogenated alkanes) is 3. The first-order valence-electron chi connectivity index (χ1n) is 7.89. The minimum atomic E-state index is 0.102. The van der Waals surface area contributed by atoms with Gasteiger partial charge in [0.1, 0.15) is 11.3 Å². The summed E-state index contributed by atoms with van der Waals surface area (Å²) >= 11 is 0. The van der Waals surface area contributed by atoms with Crippen LogP contribution < -0.4 is 0 Å². The van der Waals surface area contributed by atoms with Gasteiger partial charge in [0, 0.05) is 24.0 Å². The van der Waals surface area contributed by atoms with Gasteiger partial charge in [0.25, 0.3) is 0 Å². The summed E-state index contributed by atoms with van der Waals surface area (Å²) in [5, 5.41) is 1.21. The van der Waals surface area contributed by atoms with Crippen molar-refractivity contribution >= 4 is 11.0 Å². The van der Waals surface area contributed by atoms with E-state index in [0.717, 1.165) is 24.4 Å². The molecule has 0 bridgehead atoms. The van der Waals surface area contributed by atoms with Crippen LogP contribution in [0.25, 0.3) is 11.0 Å². The molecule has 1 heterocycles. The monoisotopic (exact) mass is 274 g/mol. The molecule has 0 spiro atoms. The number of furan rings is 1. The van der Waals surface area contributed by atoms with E-state index in [0.29, 0.717) is 0 Å². The van der Waals surface area contributed by atoms with E-state index in [-0.39, 0.29) is 6.10 Å². The van der Waals surface area contributed by atoms with Crippen molar-refractivity contribution in [2.75, 3.05) is 6.61 Å². The summed E-state index contributed by atoms with van der Waals surface area (Å²) < 4.78 is 11.9. The van der Waals surface area contributed by atoms with Gasteiger partial charge in [-0.2, -0.15) is 0 Å². The number of fused-ring (bicyclic) bond motifs is 1. The second kappa shape index (κ2) is 7.49. The second-order valence-corrected chi connectivity index (χ2v) is 5.34. The van der Waals surface area contributed by atoms with Gasteiger partial charge in [-0.05, 0) is 26.3 Å². The van der Waals surface area contributed by atoms with Crippen LogP contribution in [0.5, 0.6) is 0 Å². The normalized spacial score (nSPS) is 12.9. The lowest BCUT2D eigenvalue weighted by Gasteiger charge is -2.12. The zero-order valence-electron chi connectivity index (χ0n) is 12.9. The highest BCUT2D eigenvalue weighted by molar-refractivity contribution is 5.82. The molecule has 20 heavy (non-hydrogen) atoms. The molecule has 1 unspecified atom stereocenters. The highest BCUT2D eigenvalue weighted by Gasteiger charge is 2.19. The molecule has 2 heteroatoms. The van der Waals surface area contributed by atoms with Crippen molar-refractivity contribution in [3.05, 3.63) is 35.6 Å². The van der Waals surface area contributed by atoms with Crippen molar-refractivity contribution in [2.45, 2.75) is 59.0 Å². The third-order valence-corrected chi connectivity index (χ3v) is 3.79. The van der Waals surface area contributed by atoms with Crippen LogP contribution in [0.4, 0.5) is 0 Å². The second-order valence-electron chi connectivity index (χ2n) is 5.34. The van der Waals surface area contributed by atoms with Crippen molar-refractivity contribution < 1.29 is 9.15 Å². The van der Waals surface area contributed by atoms with Crippen LogP contribution in [0.2, 0.25) is 0 Å². The fourth-order valence-electron chi connectivity index (χ4n) is 2.79. The molecule has 0 aliphatic heterocycles. The van der Waals surface area contributed by atoms with Crippen molar-refractivity contribution in [2.24, 2.45) is 0 Å². The van der Waals surface area contributed by atoms with E-state index < -0.39 is 0 Å². The fourth-order valence-corrected chi connectivity index (χ4v) is 2.79. The van der Waals surface area contributed by atoms with Gasteiger partial charge >= 0.3 is 0 Å². The largest absolute Gasteiger partial charge is 0.461 e. The summed E-state index contributed by atoms with van der Waals surface area (Å²) in [5.74, 6) is 1.11. The topological polar surface area (TPSA) is 22.4 Å². The highest BCUT2D eigenvalue weighted by atomic mass is 16.5. The molecular weight excluding hydrogens is 248 g/mol. The summed E-state index contributed by atoms with van der Waals surface area (Å²) in [6.07, 6.45) is 6.15. The Kier molecular flexibility index (Phi) is 5.66. The molecule has 2 nitrogen and oxygen atoms in total. The maximum Gasteiger partial charge on any atom is 0.134 e. The molecule has 0 aliphatic carbocycles. The number of ether oxygens (including phenoxy) is 1. The molecule has 0 aliphatic rings. The Morgan fingerprint density at radius 1 is 1.10 bits per heavy atom. The smallest absolute Gasteiger partial charge is 0.134 e. The van der Waals surface area contributed by atoms with E-state index in [1.165, 1.54) is 36.6 Å². The van der Waals surface area contributed by atoms with Gasteiger partial charge in [0.05, 0.1) is 6.10 Å². The molecule has 1 aromatic heterocycles. The summed E-state index contributed by atoms with van der Waals surface area (Å²) in [7, 11) is 0. The van der Waals surface area contributed by atoms with Gasteiger partial charge in [0.2, 0.25) is 0 Å². The van der Waals surface area contributed by atoms with E-state index in [9.17, 15) is 0 Å². The van der Waals surface area contributed by atoms with Crippen LogP contribution in [0.3, 0.4) is 0 Å².